The quantitative estimate of drug-likeness (QED) is 0.831. The van der Waals surface area contributed by atoms with Crippen molar-refractivity contribution in [1.29, 1.82) is 0 Å². The van der Waals surface area contributed by atoms with Gasteiger partial charge in [-0.15, -0.1) is 0 Å². The number of carbonyl (C=O) groups is 1. The van der Waals surface area contributed by atoms with E-state index in [4.69, 9.17) is 4.74 Å². The van der Waals surface area contributed by atoms with Gasteiger partial charge in [-0.1, -0.05) is 44.2 Å². The summed E-state index contributed by atoms with van der Waals surface area (Å²) in [7, 11) is 0. The Kier molecular flexibility index (Phi) is 6.01. The Morgan fingerprint density at radius 1 is 1.00 bits per heavy atom. The van der Waals surface area contributed by atoms with Gasteiger partial charge in [-0.25, -0.2) is 0 Å². The first-order chi connectivity index (χ1) is 10.7. The fourth-order valence-corrected chi connectivity index (χ4v) is 2.25. The van der Waals surface area contributed by atoms with E-state index < -0.39 is 0 Å². The Hall–Kier alpha value is -2.29. The summed E-state index contributed by atoms with van der Waals surface area (Å²) in [6, 6.07) is 15.9. The fourth-order valence-electron chi connectivity index (χ4n) is 2.25. The Morgan fingerprint density at radius 3 is 2.41 bits per heavy atom. The smallest absolute Gasteiger partial charge is 0.227 e. The Balaban J connectivity index is 1.80. The van der Waals surface area contributed by atoms with Crippen molar-refractivity contribution in [2.75, 3.05) is 11.9 Å². The summed E-state index contributed by atoms with van der Waals surface area (Å²) in [6.07, 6.45) is 2.25. The van der Waals surface area contributed by atoms with E-state index in [9.17, 15) is 4.79 Å². The van der Waals surface area contributed by atoms with Crippen molar-refractivity contribution in [1.82, 2.24) is 0 Å². The van der Waals surface area contributed by atoms with Crippen molar-refractivity contribution in [3.05, 3.63) is 59.7 Å². The highest BCUT2D eigenvalue weighted by molar-refractivity contribution is 5.91. The molecular weight excluding hydrogens is 274 g/mol. The second kappa shape index (κ2) is 8.23. The molecular formula is C19H23NO2. The molecule has 3 heteroatoms. The van der Waals surface area contributed by atoms with Crippen molar-refractivity contribution in [3.63, 3.8) is 0 Å². The lowest BCUT2D eigenvalue weighted by Crippen LogP contribution is -2.16. The van der Waals surface area contributed by atoms with Crippen LogP contribution in [0.2, 0.25) is 0 Å². The van der Waals surface area contributed by atoms with E-state index in [0.717, 1.165) is 29.8 Å². The van der Waals surface area contributed by atoms with E-state index in [2.05, 4.69) is 19.2 Å². The molecule has 0 radical (unpaired) electrons. The van der Waals surface area contributed by atoms with Crippen LogP contribution in [0.1, 0.15) is 31.4 Å². The van der Waals surface area contributed by atoms with Gasteiger partial charge < -0.3 is 10.1 Å². The van der Waals surface area contributed by atoms with Crippen LogP contribution in [0.15, 0.2) is 48.5 Å². The molecule has 0 bridgehead atoms. The SMILES string of the molecule is CCc1ccc(OCCC(=O)Nc2ccccc2CC)cc1. The molecule has 0 aliphatic carbocycles. The molecule has 2 aromatic rings. The molecule has 3 nitrogen and oxygen atoms in total. The maximum Gasteiger partial charge on any atom is 0.227 e. The van der Waals surface area contributed by atoms with Crippen LogP contribution < -0.4 is 10.1 Å². The molecule has 0 heterocycles. The molecule has 0 saturated heterocycles. The zero-order valence-electron chi connectivity index (χ0n) is 13.3. The van der Waals surface area contributed by atoms with Gasteiger partial charge in [0.15, 0.2) is 0 Å². The average molecular weight is 297 g/mol. The van der Waals surface area contributed by atoms with Gasteiger partial charge >= 0.3 is 0 Å². The minimum Gasteiger partial charge on any atom is -0.493 e. The van der Waals surface area contributed by atoms with E-state index >= 15 is 0 Å². The molecule has 116 valence electrons. The van der Waals surface area contributed by atoms with E-state index in [-0.39, 0.29) is 5.91 Å². The van der Waals surface area contributed by atoms with Gasteiger partial charge in [0.25, 0.3) is 0 Å². The summed E-state index contributed by atoms with van der Waals surface area (Å²) < 4.78 is 5.61. The topological polar surface area (TPSA) is 38.3 Å². The number of para-hydroxylation sites is 1. The highest BCUT2D eigenvalue weighted by Crippen LogP contribution is 2.16. The second-order valence-corrected chi connectivity index (χ2v) is 5.15. The summed E-state index contributed by atoms with van der Waals surface area (Å²) in [5.74, 6) is 0.782. The van der Waals surface area contributed by atoms with Crippen LogP contribution >= 0.6 is 0 Å². The minimum absolute atomic E-state index is 0.0221. The van der Waals surface area contributed by atoms with E-state index in [1.54, 1.807) is 0 Å². The molecule has 0 fully saturated rings. The van der Waals surface area contributed by atoms with Gasteiger partial charge in [-0.3, -0.25) is 4.79 Å². The zero-order valence-corrected chi connectivity index (χ0v) is 13.3. The number of rotatable bonds is 7. The van der Waals surface area contributed by atoms with Crippen LogP contribution in [0.3, 0.4) is 0 Å². The third-order valence-corrected chi connectivity index (χ3v) is 3.60. The number of ether oxygens (including phenoxy) is 1. The van der Waals surface area contributed by atoms with Crippen LogP contribution in [0, 0.1) is 0 Å². The molecule has 22 heavy (non-hydrogen) atoms. The van der Waals surface area contributed by atoms with Crippen LogP contribution in [0.4, 0.5) is 5.69 Å². The van der Waals surface area contributed by atoms with Crippen molar-refractivity contribution in [2.45, 2.75) is 33.1 Å². The maximum atomic E-state index is 12.0. The first kappa shape index (κ1) is 16.1. The van der Waals surface area contributed by atoms with Crippen molar-refractivity contribution in [2.24, 2.45) is 0 Å². The summed E-state index contributed by atoms with van der Waals surface area (Å²) >= 11 is 0. The third kappa shape index (κ3) is 4.62. The monoisotopic (exact) mass is 297 g/mol. The molecule has 0 atom stereocenters. The number of benzene rings is 2. The number of hydrogen-bond acceptors (Lipinski definition) is 2. The van der Waals surface area contributed by atoms with Crippen LogP contribution in [0.5, 0.6) is 5.75 Å². The highest BCUT2D eigenvalue weighted by Gasteiger charge is 2.06. The highest BCUT2D eigenvalue weighted by atomic mass is 16.5. The van der Waals surface area contributed by atoms with Crippen LogP contribution in [0.25, 0.3) is 0 Å². The standard InChI is InChI=1S/C19H23NO2/c1-3-15-9-11-17(12-10-15)22-14-13-19(21)20-18-8-6-5-7-16(18)4-2/h5-12H,3-4,13-14H2,1-2H3,(H,20,21). The summed E-state index contributed by atoms with van der Waals surface area (Å²) in [5, 5.41) is 2.95. The Labute approximate surface area is 132 Å². The number of anilines is 1. The third-order valence-electron chi connectivity index (χ3n) is 3.60. The number of aryl methyl sites for hydroxylation is 2. The largest absolute Gasteiger partial charge is 0.493 e. The number of nitrogens with one attached hydrogen (secondary N) is 1. The molecule has 0 spiro atoms. The van der Waals surface area contributed by atoms with Crippen molar-refractivity contribution in [3.8, 4) is 5.75 Å². The molecule has 0 aliphatic rings. The van der Waals surface area contributed by atoms with Gasteiger partial charge in [-0.05, 0) is 42.2 Å². The molecule has 0 aliphatic heterocycles. The normalized spacial score (nSPS) is 10.3. The predicted molar refractivity (Wildman–Crippen MR) is 90.4 cm³/mol. The first-order valence-electron chi connectivity index (χ1n) is 7.82. The number of carbonyl (C=O) groups excluding carboxylic acids is 1. The van der Waals surface area contributed by atoms with E-state index in [1.807, 2.05) is 48.5 Å². The van der Waals surface area contributed by atoms with Crippen LogP contribution in [-0.4, -0.2) is 12.5 Å². The summed E-state index contributed by atoms with van der Waals surface area (Å²) in [5.41, 5.74) is 3.32. The minimum atomic E-state index is -0.0221. The first-order valence-corrected chi connectivity index (χ1v) is 7.82. The van der Waals surface area contributed by atoms with Gasteiger partial charge in [0.05, 0.1) is 13.0 Å². The maximum absolute atomic E-state index is 12.0. The predicted octanol–water partition coefficient (Wildman–Crippen LogP) is 4.22. The molecule has 1 amide bonds. The molecule has 0 saturated carbocycles. The summed E-state index contributed by atoms with van der Waals surface area (Å²) in [4.78, 5) is 12.0. The molecule has 1 N–H and O–H groups in total. The van der Waals surface area contributed by atoms with Gasteiger partial charge in [0, 0.05) is 5.69 Å². The molecule has 2 aromatic carbocycles. The van der Waals surface area contributed by atoms with E-state index in [1.165, 1.54) is 5.56 Å². The Morgan fingerprint density at radius 2 is 1.73 bits per heavy atom. The number of hydrogen-bond donors (Lipinski definition) is 1. The molecule has 0 aromatic heterocycles. The fraction of sp³-hybridized carbons (Fsp3) is 0.316. The van der Waals surface area contributed by atoms with Gasteiger partial charge in [0.1, 0.15) is 5.75 Å². The van der Waals surface area contributed by atoms with Crippen molar-refractivity contribution >= 4 is 11.6 Å². The molecule has 2 rings (SSSR count). The van der Waals surface area contributed by atoms with Gasteiger partial charge in [0.2, 0.25) is 5.91 Å². The zero-order chi connectivity index (χ0) is 15.8. The van der Waals surface area contributed by atoms with Crippen LogP contribution in [-0.2, 0) is 17.6 Å². The lowest BCUT2D eigenvalue weighted by atomic mass is 10.1. The van der Waals surface area contributed by atoms with Crippen molar-refractivity contribution < 1.29 is 9.53 Å². The summed E-state index contributed by atoms with van der Waals surface area (Å²) in [6.45, 7) is 4.58. The lowest BCUT2D eigenvalue weighted by molar-refractivity contribution is -0.116. The lowest BCUT2D eigenvalue weighted by Gasteiger charge is -2.10. The Bertz CT molecular complexity index is 605. The second-order valence-electron chi connectivity index (χ2n) is 5.15. The number of amides is 1. The molecule has 0 unspecified atom stereocenters. The average Bonchev–Trinajstić information content (AvgIpc) is 2.56. The van der Waals surface area contributed by atoms with E-state index in [0.29, 0.717) is 13.0 Å². The van der Waals surface area contributed by atoms with Gasteiger partial charge in [-0.2, -0.15) is 0 Å².